The molecule has 5 heteroatoms. The van der Waals surface area contributed by atoms with E-state index in [1.807, 2.05) is 43.0 Å². The summed E-state index contributed by atoms with van der Waals surface area (Å²) in [6, 6.07) is 10.9. The Hall–Kier alpha value is -2.82. The summed E-state index contributed by atoms with van der Waals surface area (Å²) in [5.41, 5.74) is 4.52. The van der Waals surface area contributed by atoms with Crippen LogP contribution in [0.2, 0.25) is 0 Å². The molecule has 3 rings (SSSR count). The number of halogens is 1. The highest BCUT2D eigenvalue weighted by molar-refractivity contribution is 6.32. The van der Waals surface area contributed by atoms with Gasteiger partial charge in [-0.1, -0.05) is 25.5 Å². The number of amides is 1. The number of carbonyl (C=O) groups is 1. The number of hydrogen-bond donors (Lipinski definition) is 2. The number of nitrogens with one attached hydrogen (secondary N) is 2. The minimum Gasteiger partial charge on any atom is -0.369 e. The molecule has 0 aliphatic carbocycles. The molecule has 1 amide bonds. The molecule has 2 aromatic rings. The molecule has 0 bridgehead atoms. The minimum atomic E-state index is -0.260. The quantitative estimate of drug-likeness (QED) is 0.664. The van der Waals surface area contributed by atoms with E-state index in [1.54, 1.807) is 12.3 Å². The Morgan fingerprint density at radius 2 is 2.04 bits per heavy atom. The molecule has 0 radical (unpaired) electrons. The summed E-state index contributed by atoms with van der Waals surface area (Å²) in [6.45, 7) is 7.74. The Labute approximate surface area is 160 Å². The minimum absolute atomic E-state index is 0.152. The predicted octanol–water partition coefficient (Wildman–Crippen LogP) is 5.17. The van der Waals surface area contributed by atoms with Crippen molar-refractivity contribution in [3.05, 3.63) is 59.5 Å². The van der Waals surface area contributed by atoms with Gasteiger partial charge in [-0.2, -0.15) is 0 Å². The first-order chi connectivity index (χ1) is 13.0. The van der Waals surface area contributed by atoms with E-state index in [2.05, 4.69) is 17.6 Å². The van der Waals surface area contributed by atoms with Crippen molar-refractivity contribution in [1.82, 2.24) is 0 Å². The highest BCUT2D eigenvalue weighted by Gasteiger charge is 2.25. The van der Waals surface area contributed by atoms with Gasteiger partial charge in [0.15, 0.2) is 0 Å². The lowest BCUT2D eigenvalue weighted by Crippen LogP contribution is -2.24. The van der Waals surface area contributed by atoms with E-state index in [1.165, 1.54) is 6.07 Å². The molecule has 0 saturated carbocycles. The topological polar surface area (TPSA) is 44.4 Å². The first-order valence-corrected chi connectivity index (χ1v) is 9.47. The van der Waals surface area contributed by atoms with E-state index in [0.717, 1.165) is 42.7 Å². The van der Waals surface area contributed by atoms with Gasteiger partial charge in [0, 0.05) is 36.2 Å². The van der Waals surface area contributed by atoms with E-state index < -0.39 is 0 Å². The second kappa shape index (κ2) is 8.25. The highest BCUT2D eigenvalue weighted by Crippen LogP contribution is 2.34. The van der Waals surface area contributed by atoms with Gasteiger partial charge in [0.05, 0.1) is 11.3 Å². The fourth-order valence-corrected chi connectivity index (χ4v) is 3.38. The molecule has 0 aromatic heterocycles. The van der Waals surface area contributed by atoms with Gasteiger partial charge < -0.3 is 15.5 Å². The zero-order valence-corrected chi connectivity index (χ0v) is 16.1. The van der Waals surface area contributed by atoms with E-state index >= 15 is 0 Å². The van der Waals surface area contributed by atoms with E-state index in [-0.39, 0.29) is 11.7 Å². The van der Waals surface area contributed by atoms with Crippen molar-refractivity contribution < 1.29 is 9.18 Å². The molecule has 2 N–H and O–H groups in total. The first-order valence-electron chi connectivity index (χ1n) is 9.47. The van der Waals surface area contributed by atoms with Gasteiger partial charge in [-0.3, -0.25) is 4.79 Å². The van der Waals surface area contributed by atoms with Crippen LogP contribution in [0.5, 0.6) is 0 Å². The summed E-state index contributed by atoms with van der Waals surface area (Å²) in [5, 5.41) is 5.93. The van der Waals surface area contributed by atoms with Crippen LogP contribution in [-0.2, 0) is 4.79 Å². The fraction of sp³-hybridized carbons (Fsp3) is 0.318. The fourth-order valence-electron chi connectivity index (χ4n) is 3.38. The molecule has 1 aliphatic heterocycles. The number of anilines is 3. The number of fused-ring (bicyclic) bond motifs is 1. The average Bonchev–Trinajstić information content (AvgIpc) is 2.98. The van der Waals surface area contributed by atoms with E-state index in [0.29, 0.717) is 16.9 Å². The number of unbranched alkanes of at least 4 members (excludes halogenated alkanes) is 1. The number of rotatable bonds is 7. The molecule has 2 aromatic carbocycles. The predicted molar refractivity (Wildman–Crippen MR) is 111 cm³/mol. The van der Waals surface area contributed by atoms with Gasteiger partial charge in [-0.15, -0.1) is 0 Å². The van der Waals surface area contributed by atoms with Crippen molar-refractivity contribution in [2.24, 2.45) is 0 Å². The van der Waals surface area contributed by atoms with E-state index in [9.17, 15) is 9.18 Å². The maximum Gasteiger partial charge on any atom is 0.257 e. The summed E-state index contributed by atoms with van der Waals surface area (Å²) in [6.07, 6.45) is 3.76. The van der Waals surface area contributed by atoms with Gasteiger partial charge in [-0.25, -0.2) is 4.39 Å². The summed E-state index contributed by atoms with van der Waals surface area (Å²) in [5.74, 6) is -0.413. The van der Waals surface area contributed by atoms with Gasteiger partial charge in [-0.05, 0) is 50.1 Å². The lowest BCUT2D eigenvalue weighted by Gasteiger charge is -2.23. The molecule has 142 valence electrons. The van der Waals surface area contributed by atoms with Crippen LogP contribution in [0.3, 0.4) is 0 Å². The van der Waals surface area contributed by atoms with Crippen molar-refractivity contribution in [2.75, 3.05) is 28.6 Å². The van der Waals surface area contributed by atoms with Crippen LogP contribution in [0, 0.1) is 12.7 Å². The molecule has 0 unspecified atom stereocenters. The van der Waals surface area contributed by atoms with Crippen molar-refractivity contribution in [3.63, 3.8) is 0 Å². The Bertz CT molecular complexity index is 876. The second-order valence-corrected chi connectivity index (χ2v) is 6.75. The summed E-state index contributed by atoms with van der Waals surface area (Å²) < 4.78 is 14.6. The normalized spacial score (nSPS) is 14.2. The zero-order chi connectivity index (χ0) is 19.4. The van der Waals surface area contributed by atoms with Crippen LogP contribution in [0.1, 0.15) is 37.8 Å². The lowest BCUT2D eigenvalue weighted by atomic mass is 10.0. The van der Waals surface area contributed by atoms with Gasteiger partial charge in [0.1, 0.15) is 5.82 Å². The standard InChI is InChI=1S/C22H26FN3O/c1-4-6-12-26(5-2)20-11-10-16(13-18(20)23)24-14-17-21-15(3)8-7-9-19(21)25-22(17)27/h7-11,13-14,24H,4-6,12H2,1-3H3,(H,25,27)/b17-14+. The summed E-state index contributed by atoms with van der Waals surface area (Å²) >= 11 is 0. The number of benzene rings is 2. The van der Waals surface area contributed by atoms with Crippen LogP contribution >= 0.6 is 0 Å². The van der Waals surface area contributed by atoms with Crippen LogP contribution in [0.25, 0.3) is 5.57 Å². The van der Waals surface area contributed by atoms with Crippen molar-refractivity contribution in [2.45, 2.75) is 33.6 Å². The van der Waals surface area contributed by atoms with Crippen LogP contribution in [-0.4, -0.2) is 19.0 Å². The van der Waals surface area contributed by atoms with Crippen LogP contribution in [0.4, 0.5) is 21.5 Å². The van der Waals surface area contributed by atoms with Crippen molar-refractivity contribution in [1.29, 1.82) is 0 Å². The zero-order valence-electron chi connectivity index (χ0n) is 16.1. The third-order valence-corrected chi connectivity index (χ3v) is 4.87. The Morgan fingerprint density at radius 1 is 1.22 bits per heavy atom. The van der Waals surface area contributed by atoms with Gasteiger partial charge in [0.25, 0.3) is 5.91 Å². The van der Waals surface area contributed by atoms with Gasteiger partial charge in [0.2, 0.25) is 0 Å². The molecule has 1 heterocycles. The molecule has 0 atom stereocenters. The Balaban J connectivity index is 1.81. The maximum atomic E-state index is 14.6. The number of carbonyl (C=O) groups excluding carboxylic acids is 1. The van der Waals surface area contributed by atoms with Crippen molar-refractivity contribution >= 4 is 28.5 Å². The third kappa shape index (κ3) is 3.97. The molecular formula is C22H26FN3O. The smallest absolute Gasteiger partial charge is 0.257 e. The Morgan fingerprint density at radius 3 is 2.74 bits per heavy atom. The molecule has 0 fully saturated rings. The number of hydrogen-bond acceptors (Lipinski definition) is 3. The highest BCUT2D eigenvalue weighted by atomic mass is 19.1. The molecule has 1 aliphatic rings. The third-order valence-electron chi connectivity index (χ3n) is 4.87. The number of nitrogens with zero attached hydrogens (tertiary/aromatic N) is 1. The average molecular weight is 367 g/mol. The summed E-state index contributed by atoms with van der Waals surface area (Å²) in [4.78, 5) is 14.3. The van der Waals surface area contributed by atoms with E-state index in [4.69, 9.17) is 0 Å². The summed E-state index contributed by atoms with van der Waals surface area (Å²) in [7, 11) is 0. The first kappa shape index (κ1) is 19.0. The SMILES string of the molecule is CCCCN(CC)c1ccc(N/C=C2/C(=O)Nc3cccc(C)c32)cc1F. The van der Waals surface area contributed by atoms with Gasteiger partial charge >= 0.3 is 0 Å². The Kier molecular flexibility index (Phi) is 5.79. The molecule has 0 saturated heterocycles. The molecule has 0 spiro atoms. The molecule has 27 heavy (non-hydrogen) atoms. The second-order valence-electron chi connectivity index (χ2n) is 6.75. The molecule has 4 nitrogen and oxygen atoms in total. The lowest BCUT2D eigenvalue weighted by molar-refractivity contribution is -0.110. The number of aryl methyl sites for hydroxylation is 1. The molecular weight excluding hydrogens is 341 g/mol. The van der Waals surface area contributed by atoms with Crippen LogP contribution < -0.4 is 15.5 Å². The monoisotopic (exact) mass is 367 g/mol. The van der Waals surface area contributed by atoms with Crippen molar-refractivity contribution in [3.8, 4) is 0 Å². The van der Waals surface area contributed by atoms with Crippen LogP contribution in [0.15, 0.2) is 42.6 Å². The maximum absolute atomic E-state index is 14.6. The largest absolute Gasteiger partial charge is 0.369 e.